The van der Waals surface area contributed by atoms with Crippen LogP contribution < -0.4 is 0 Å². The Labute approximate surface area is 173 Å². The van der Waals surface area contributed by atoms with Gasteiger partial charge in [0.25, 0.3) is 0 Å². The third kappa shape index (κ3) is 2.70. The van der Waals surface area contributed by atoms with E-state index in [0.29, 0.717) is 0 Å². The van der Waals surface area contributed by atoms with Gasteiger partial charge in [0, 0.05) is 43.6 Å². The number of benzene rings is 3. The zero-order valence-electron chi connectivity index (χ0n) is 15.2. The van der Waals surface area contributed by atoms with Crippen LogP contribution in [-0.4, -0.2) is 9.55 Å². The molecule has 0 unspecified atom stereocenters. The van der Waals surface area contributed by atoms with Crippen LogP contribution in [0.3, 0.4) is 0 Å². The van der Waals surface area contributed by atoms with Crippen molar-refractivity contribution < 1.29 is 20.1 Å². The molecular weight excluding hydrogens is 508 g/mol. The van der Waals surface area contributed by atoms with Crippen LogP contribution in [0.4, 0.5) is 0 Å². The van der Waals surface area contributed by atoms with Gasteiger partial charge in [0.2, 0.25) is 0 Å². The Morgan fingerprint density at radius 1 is 0.889 bits per heavy atom. The average Bonchev–Trinajstić information content (AvgIpc) is 3.25. The van der Waals surface area contributed by atoms with Crippen molar-refractivity contribution in [2.24, 2.45) is 0 Å². The monoisotopic (exact) mass is 528 g/mol. The van der Waals surface area contributed by atoms with Crippen LogP contribution in [0.2, 0.25) is 0 Å². The summed E-state index contributed by atoms with van der Waals surface area (Å²) in [6.45, 7) is 4.61. The van der Waals surface area contributed by atoms with E-state index in [-0.39, 0.29) is 25.5 Å². The van der Waals surface area contributed by atoms with E-state index in [1.807, 2.05) is 36.7 Å². The molecule has 1 aliphatic carbocycles. The topological polar surface area (TPSA) is 17.8 Å². The molecule has 0 amide bonds. The Kier molecular flexibility index (Phi) is 4.38. The van der Waals surface area contributed by atoms with Crippen LogP contribution in [-0.2, 0) is 25.5 Å². The van der Waals surface area contributed by atoms with Gasteiger partial charge in [-0.15, -0.1) is 35.9 Å². The molecule has 1 aliphatic rings. The van der Waals surface area contributed by atoms with E-state index in [2.05, 4.69) is 71.9 Å². The van der Waals surface area contributed by atoms with Crippen molar-refractivity contribution in [3.63, 3.8) is 0 Å². The normalized spacial score (nSPS) is 13.6. The number of hydrogen-bond acceptors (Lipinski definition) is 1. The molecule has 1 radical (unpaired) electrons. The van der Waals surface area contributed by atoms with Crippen molar-refractivity contribution in [1.29, 1.82) is 0 Å². The maximum absolute atomic E-state index is 4.56. The molecule has 0 aliphatic heterocycles. The van der Waals surface area contributed by atoms with Gasteiger partial charge in [-0.25, -0.2) is 0 Å². The van der Waals surface area contributed by atoms with E-state index in [4.69, 9.17) is 0 Å². The first-order chi connectivity index (χ1) is 12.7. The quantitative estimate of drug-likeness (QED) is 0.309. The summed E-state index contributed by atoms with van der Waals surface area (Å²) in [5.74, 6) is 0.913. The van der Waals surface area contributed by atoms with Crippen LogP contribution in [0.15, 0.2) is 79.1 Å². The second-order valence-corrected chi connectivity index (χ2v) is 7.30. The molecule has 27 heavy (non-hydrogen) atoms. The molecule has 1 aromatic heterocycles. The molecule has 0 bridgehead atoms. The zero-order chi connectivity index (χ0) is 17.7. The summed E-state index contributed by atoms with van der Waals surface area (Å²) in [5, 5.41) is 0. The van der Waals surface area contributed by atoms with Gasteiger partial charge < -0.3 is 4.57 Å². The number of aromatic nitrogens is 2. The average molecular weight is 528 g/mol. The minimum absolute atomic E-state index is 0. The largest absolute Gasteiger partial charge is 0.340 e. The van der Waals surface area contributed by atoms with Gasteiger partial charge in [-0.3, -0.25) is 4.98 Å². The second kappa shape index (κ2) is 6.60. The predicted octanol–water partition coefficient (Wildman–Crippen LogP) is 5.64. The SMILES string of the molecule is CC1(C)c2ccccc2-c2cc(-n3ccnc3-c3[c-]cccc3)ccc21.[Ir]. The van der Waals surface area contributed by atoms with Crippen LogP contribution in [0, 0.1) is 6.07 Å². The smallest absolute Gasteiger partial charge is 0.0602 e. The number of nitrogens with zero attached hydrogens (tertiary/aromatic N) is 2. The Balaban J connectivity index is 0.00000180. The minimum atomic E-state index is 0. The molecule has 4 aromatic rings. The molecule has 0 saturated heterocycles. The molecule has 3 aromatic carbocycles. The molecular formula is C24H19IrN2-. The molecule has 0 atom stereocenters. The fraction of sp³-hybridized carbons (Fsp3) is 0.125. The van der Waals surface area contributed by atoms with Gasteiger partial charge in [0.1, 0.15) is 0 Å². The van der Waals surface area contributed by atoms with Crippen LogP contribution >= 0.6 is 0 Å². The zero-order valence-corrected chi connectivity index (χ0v) is 17.6. The van der Waals surface area contributed by atoms with Gasteiger partial charge in [-0.1, -0.05) is 44.2 Å². The number of hydrogen-bond donors (Lipinski definition) is 0. The number of fused-ring (bicyclic) bond motifs is 3. The van der Waals surface area contributed by atoms with Crippen molar-refractivity contribution in [3.05, 3.63) is 96.3 Å². The standard InChI is InChI=1S/C24H19N2.Ir/c1-24(2)21-11-7-6-10-19(21)20-16-18(12-13-22(20)24)26-15-14-25-23(26)17-8-4-3-5-9-17;/h3-8,10-16H,1-2H3;/q-1;. The first-order valence-corrected chi connectivity index (χ1v) is 8.91. The van der Waals surface area contributed by atoms with E-state index in [0.717, 1.165) is 17.1 Å². The molecule has 3 heteroatoms. The Hall–Kier alpha value is -2.48. The summed E-state index contributed by atoms with van der Waals surface area (Å²) < 4.78 is 2.14. The third-order valence-corrected chi connectivity index (χ3v) is 5.44. The molecule has 1 heterocycles. The minimum Gasteiger partial charge on any atom is -0.340 e. The van der Waals surface area contributed by atoms with Crippen molar-refractivity contribution in [3.8, 4) is 28.2 Å². The summed E-state index contributed by atoms with van der Waals surface area (Å²) >= 11 is 0. The van der Waals surface area contributed by atoms with Crippen LogP contribution in [0.5, 0.6) is 0 Å². The first kappa shape index (κ1) is 17.9. The van der Waals surface area contributed by atoms with Gasteiger partial charge >= 0.3 is 0 Å². The van der Waals surface area contributed by atoms with Crippen molar-refractivity contribution >= 4 is 0 Å². The Bertz CT molecular complexity index is 1110. The number of imidazole rings is 1. The number of rotatable bonds is 2. The predicted molar refractivity (Wildman–Crippen MR) is 105 cm³/mol. The van der Waals surface area contributed by atoms with Gasteiger partial charge in [-0.05, 0) is 34.4 Å². The molecule has 0 fully saturated rings. The van der Waals surface area contributed by atoms with Gasteiger partial charge in [0.05, 0.1) is 5.82 Å². The maximum atomic E-state index is 4.56. The van der Waals surface area contributed by atoms with Gasteiger partial charge in [-0.2, -0.15) is 0 Å². The molecule has 2 nitrogen and oxygen atoms in total. The third-order valence-electron chi connectivity index (χ3n) is 5.44. The van der Waals surface area contributed by atoms with E-state index in [1.165, 1.54) is 22.3 Å². The summed E-state index contributed by atoms with van der Waals surface area (Å²) in [4.78, 5) is 4.56. The van der Waals surface area contributed by atoms with Crippen LogP contribution in [0.1, 0.15) is 25.0 Å². The van der Waals surface area contributed by atoms with Crippen LogP contribution in [0.25, 0.3) is 28.2 Å². The maximum Gasteiger partial charge on any atom is 0.0602 e. The van der Waals surface area contributed by atoms with E-state index >= 15 is 0 Å². The molecule has 5 rings (SSSR count). The fourth-order valence-corrected chi connectivity index (χ4v) is 4.10. The van der Waals surface area contributed by atoms with E-state index in [1.54, 1.807) is 0 Å². The van der Waals surface area contributed by atoms with Crippen molar-refractivity contribution in [1.82, 2.24) is 9.55 Å². The van der Waals surface area contributed by atoms with Gasteiger partial charge in [0.15, 0.2) is 0 Å². The molecule has 0 spiro atoms. The molecule has 0 saturated carbocycles. The van der Waals surface area contributed by atoms with Crippen molar-refractivity contribution in [2.45, 2.75) is 19.3 Å². The fourth-order valence-electron chi connectivity index (χ4n) is 4.10. The Morgan fingerprint density at radius 2 is 1.67 bits per heavy atom. The second-order valence-electron chi connectivity index (χ2n) is 7.30. The molecule has 0 N–H and O–H groups in total. The van der Waals surface area contributed by atoms with Crippen molar-refractivity contribution in [2.75, 3.05) is 0 Å². The first-order valence-electron chi connectivity index (χ1n) is 8.91. The summed E-state index contributed by atoms with van der Waals surface area (Å²) in [6, 6.07) is 26.7. The Morgan fingerprint density at radius 3 is 2.48 bits per heavy atom. The summed E-state index contributed by atoms with van der Waals surface area (Å²) in [5.41, 5.74) is 7.60. The summed E-state index contributed by atoms with van der Waals surface area (Å²) in [7, 11) is 0. The molecule has 135 valence electrons. The van der Waals surface area contributed by atoms with E-state index in [9.17, 15) is 0 Å². The summed E-state index contributed by atoms with van der Waals surface area (Å²) in [6.07, 6.45) is 3.87. The van der Waals surface area contributed by atoms with E-state index < -0.39 is 0 Å².